The Balaban J connectivity index is 1.98. The lowest BCUT2D eigenvalue weighted by atomic mass is 10.0. The lowest BCUT2D eigenvalue weighted by molar-refractivity contribution is -0.104. The second-order valence-electron chi connectivity index (χ2n) is 7.54. The van der Waals surface area contributed by atoms with Crippen molar-refractivity contribution < 1.29 is 9.59 Å². The van der Waals surface area contributed by atoms with Crippen LogP contribution in [0.15, 0.2) is 59.3 Å². The van der Waals surface area contributed by atoms with Gasteiger partial charge in [0.05, 0.1) is 0 Å². The standard InChI is InChI=1S/C23H31N3O2/c1-17(2)19(4)22(16-27)14-18(3)24-23(28)21-8-6-20(7-9-21)15-26-12-10-25(5)11-13-26/h6-9,14,16H,1,10-13,15H2,2-5H3,(H,24,28). The molecule has 1 aliphatic rings. The van der Waals surface area contributed by atoms with Crippen LogP contribution in [0.25, 0.3) is 0 Å². The van der Waals surface area contributed by atoms with E-state index in [0.29, 0.717) is 16.8 Å². The van der Waals surface area contributed by atoms with E-state index in [1.54, 1.807) is 13.0 Å². The first kappa shape index (κ1) is 21.8. The van der Waals surface area contributed by atoms with Crippen LogP contribution in [0, 0.1) is 0 Å². The lowest BCUT2D eigenvalue weighted by Crippen LogP contribution is -2.43. The van der Waals surface area contributed by atoms with Crippen molar-refractivity contribution in [3.8, 4) is 0 Å². The van der Waals surface area contributed by atoms with Crippen molar-refractivity contribution in [3.63, 3.8) is 0 Å². The van der Waals surface area contributed by atoms with Crippen LogP contribution in [-0.2, 0) is 11.3 Å². The van der Waals surface area contributed by atoms with E-state index in [0.717, 1.165) is 50.2 Å². The molecular formula is C23H31N3O2. The molecule has 0 aromatic heterocycles. The summed E-state index contributed by atoms with van der Waals surface area (Å²) in [5, 5.41) is 2.84. The third-order valence-electron chi connectivity index (χ3n) is 5.10. The van der Waals surface area contributed by atoms with Crippen LogP contribution in [0.5, 0.6) is 0 Å². The highest BCUT2D eigenvalue weighted by molar-refractivity contribution is 5.95. The molecular weight excluding hydrogens is 350 g/mol. The number of benzene rings is 1. The first-order chi connectivity index (χ1) is 13.3. The second kappa shape index (κ2) is 10.2. The Morgan fingerprint density at radius 1 is 1.11 bits per heavy atom. The lowest BCUT2D eigenvalue weighted by Gasteiger charge is -2.32. The van der Waals surface area contributed by atoms with Gasteiger partial charge >= 0.3 is 0 Å². The number of likely N-dealkylation sites (N-methyl/N-ethyl adjacent to an activating group) is 1. The van der Waals surface area contributed by atoms with Gasteiger partial charge < -0.3 is 10.2 Å². The molecule has 28 heavy (non-hydrogen) atoms. The molecule has 0 spiro atoms. The minimum atomic E-state index is -0.182. The second-order valence-corrected chi connectivity index (χ2v) is 7.54. The van der Waals surface area contributed by atoms with E-state index in [1.807, 2.05) is 38.1 Å². The maximum Gasteiger partial charge on any atom is 0.255 e. The fourth-order valence-electron chi connectivity index (χ4n) is 3.02. The molecule has 0 saturated carbocycles. The topological polar surface area (TPSA) is 52.7 Å². The Labute approximate surface area is 168 Å². The highest BCUT2D eigenvalue weighted by Crippen LogP contribution is 2.14. The van der Waals surface area contributed by atoms with Crippen molar-refractivity contribution in [2.75, 3.05) is 33.2 Å². The first-order valence-corrected chi connectivity index (χ1v) is 9.61. The fraction of sp³-hybridized carbons (Fsp3) is 0.391. The molecule has 1 heterocycles. The van der Waals surface area contributed by atoms with Crippen LogP contribution >= 0.6 is 0 Å². The van der Waals surface area contributed by atoms with Gasteiger partial charge in [0.15, 0.2) is 0 Å². The molecule has 150 valence electrons. The number of hydrogen-bond donors (Lipinski definition) is 1. The van der Waals surface area contributed by atoms with Gasteiger partial charge in [0.2, 0.25) is 0 Å². The van der Waals surface area contributed by atoms with Crippen molar-refractivity contribution in [2.45, 2.75) is 27.3 Å². The SMILES string of the molecule is C=C(C)C(C)=C(C=O)C=C(C)NC(=O)c1ccc(CN2CCN(C)CC2)cc1. The maximum absolute atomic E-state index is 12.5. The summed E-state index contributed by atoms with van der Waals surface area (Å²) in [7, 11) is 2.15. The Bertz CT molecular complexity index is 783. The van der Waals surface area contributed by atoms with Crippen molar-refractivity contribution in [1.82, 2.24) is 15.1 Å². The summed E-state index contributed by atoms with van der Waals surface area (Å²) in [6.07, 6.45) is 2.46. The number of nitrogens with one attached hydrogen (secondary N) is 1. The summed E-state index contributed by atoms with van der Waals surface area (Å²) in [6.45, 7) is 14.5. The average Bonchev–Trinajstić information content (AvgIpc) is 2.67. The zero-order valence-electron chi connectivity index (χ0n) is 17.4. The van der Waals surface area contributed by atoms with E-state index in [4.69, 9.17) is 0 Å². The molecule has 5 nitrogen and oxygen atoms in total. The minimum Gasteiger partial charge on any atom is -0.326 e. The summed E-state index contributed by atoms with van der Waals surface area (Å²) in [5.41, 5.74) is 4.59. The number of allylic oxidation sites excluding steroid dienone is 5. The molecule has 1 fully saturated rings. The van der Waals surface area contributed by atoms with Crippen molar-refractivity contribution in [2.24, 2.45) is 0 Å². The van der Waals surface area contributed by atoms with Crippen LogP contribution in [0.2, 0.25) is 0 Å². The Hall–Kier alpha value is -2.50. The predicted octanol–water partition coefficient (Wildman–Crippen LogP) is 3.16. The van der Waals surface area contributed by atoms with E-state index in [9.17, 15) is 9.59 Å². The number of nitrogens with zero attached hydrogens (tertiary/aromatic N) is 2. The fourth-order valence-corrected chi connectivity index (χ4v) is 3.02. The van der Waals surface area contributed by atoms with E-state index in [1.165, 1.54) is 5.56 Å². The molecule has 1 N–H and O–H groups in total. The molecule has 2 rings (SSSR count). The molecule has 0 unspecified atom stereocenters. The Morgan fingerprint density at radius 2 is 1.71 bits per heavy atom. The normalized spacial score (nSPS) is 17.1. The van der Waals surface area contributed by atoms with Gasteiger partial charge in [-0.1, -0.05) is 24.3 Å². The molecule has 1 saturated heterocycles. The monoisotopic (exact) mass is 381 g/mol. The van der Waals surface area contributed by atoms with Gasteiger partial charge in [-0.2, -0.15) is 0 Å². The largest absolute Gasteiger partial charge is 0.326 e. The number of rotatable bonds is 7. The summed E-state index contributed by atoms with van der Waals surface area (Å²) < 4.78 is 0. The van der Waals surface area contributed by atoms with Crippen LogP contribution in [-0.4, -0.2) is 55.2 Å². The third kappa shape index (κ3) is 6.29. The molecule has 0 bridgehead atoms. The van der Waals surface area contributed by atoms with Gasteiger partial charge in [-0.05, 0) is 57.2 Å². The van der Waals surface area contributed by atoms with Gasteiger partial charge in [0, 0.05) is 49.6 Å². The molecule has 5 heteroatoms. The van der Waals surface area contributed by atoms with Gasteiger partial charge in [-0.25, -0.2) is 0 Å². The minimum absolute atomic E-state index is 0.182. The highest BCUT2D eigenvalue weighted by atomic mass is 16.1. The number of amides is 1. The molecule has 0 radical (unpaired) electrons. The first-order valence-electron chi connectivity index (χ1n) is 9.61. The zero-order valence-corrected chi connectivity index (χ0v) is 17.4. The van der Waals surface area contributed by atoms with Crippen LogP contribution in [0.3, 0.4) is 0 Å². The smallest absolute Gasteiger partial charge is 0.255 e. The highest BCUT2D eigenvalue weighted by Gasteiger charge is 2.14. The van der Waals surface area contributed by atoms with Gasteiger partial charge in [-0.3, -0.25) is 14.5 Å². The average molecular weight is 382 g/mol. The summed E-state index contributed by atoms with van der Waals surface area (Å²) >= 11 is 0. The van der Waals surface area contributed by atoms with E-state index in [-0.39, 0.29) is 5.91 Å². The van der Waals surface area contributed by atoms with Gasteiger partial charge in [0.25, 0.3) is 5.91 Å². The number of piperazine rings is 1. The van der Waals surface area contributed by atoms with Gasteiger partial charge in [-0.15, -0.1) is 0 Å². The van der Waals surface area contributed by atoms with Crippen molar-refractivity contribution >= 4 is 12.2 Å². The number of aldehydes is 1. The summed E-state index contributed by atoms with van der Waals surface area (Å²) in [4.78, 5) is 28.5. The molecule has 0 atom stereocenters. The Morgan fingerprint density at radius 3 is 2.25 bits per heavy atom. The van der Waals surface area contributed by atoms with Crippen molar-refractivity contribution in [1.29, 1.82) is 0 Å². The van der Waals surface area contributed by atoms with Crippen LogP contribution in [0.1, 0.15) is 36.7 Å². The van der Waals surface area contributed by atoms with Crippen LogP contribution in [0.4, 0.5) is 0 Å². The van der Waals surface area contributed by atoms with E-state index in [2.05, 4.69) is 28.7 Å². The predicted molar refractivity (Wildman–Crippen MR) is 114 cm³/mol. The molecule has 1 aliphatic heterocycles. The summed E-state index contributed by atoms with van der Waals surface area (Å²) in [5.74, 6) is -0.182. The quantitative estimate of drug-likeness (QED) is 0.448. The number of carbonyl (C=O) groups excluding carboxylic acids is 2. The molecule has 1 aromatic rings. The van der Waals surface area contributed by atoms with E-state index >= 15 is 0 Å². The number of hydrogen-bond acceptors (Lipinski definition) is 4. The maximum atomic E-state index is 12.5. The van der Waals surface area contributed by atoms with Gasteiger partial charge in [0.1, 0.15) is 6.29 Å². The van der Waals surface area contributed by atoms with Crippen molar-refractivity contribution in [3.05, 3.63) is 70.5 Å². The summed E-state index contributed by atoms with van der Waals surface area (Å²) in [6, 6.07) is 7.72. The zero-order chi connectivity index (χ0) is 20.7. The molecule has 1 amide bonds. The number of carbonyl (C=O) groups is 2. The van der Waals surface area contributed by atoms with E-state index < -0.39 is 0 Å². The Kier molecular flexibility index (Phi) is 7.91. The molecule has 1 aromatic carbocycles. The van der Waals surface area contributed by atoms with Crippen LogP contribution < -0.4 is 5.32 Å². The molecule has 0 aliphatic carbocycles. The third-order valence-corrected chi connectivity index (χ3v) is 5.10.